The first-order chi connectivity index (χ1) is 8.56. The number of phenols is 1. The summed E-state index contributed by atoms with van der Waals surface area (Å²) in [6, 6.07) is 9.77. The second-order valence-electron chi connectivity index (χ2n) is 3.78. The van der Waals surface area contributed by atoms with Gasteiger partial charge in [-0.25, -0.2) is 4.39 Å². The molecule has 2 rings (SSSR count). The van der Waals surface area contributed by atoms with Crippen LogP contribution in [0.1, 0.15) is 5.56 Å². The zero-order chi connectivity index (χ0) is 13.1. The Kier molecular flexibility index (Phi) is 3.94. The second kappa shape index (κ2) is 5.46. The van der Waals surface area contributed by atoms with Gasteiger partial charge in [-0.3, -0.25) is 0 Å². The largest absolute Gasteiger partial charge is 0.508 e. The number of aromatic hydroxyl groups is 1. The summed E-state index contributed by atoms with van der Waals surface area (Å²) in [4.78, 5) is 0. The molecule has 2 N–H and O–H groups in total. The van der Waals surface area contributed by atoms with Gasteiger partial charge in [0.15, 0.2) is 5.82 Å². The van der Waals surface area contributed by atoms with E-state index in [0.29, 0.717) is 12.2 Å². The molecule has 0 saturated carbocycles. The number of nitrogens with one attached hydrogen (secondary N) is 1. The van der Waals surface area contributed by atoms with E-state index in [0.717, 1.165) is 5.56 Å². The smallest absolute Gasteiger partial charge is 0.160 e. The van der Waals surface area contributed by atoms with Gasteiger partial charge in [0.25, 0.3) is 0 Å². The topological polar surface area (TPSA) is 32.3 Å². The highest BCUT2D eigenvalue weighted by molar-refractivity contribution is 6.35. The van der Waals surface area contributed by atoms with Crippen molar-refractivity contribution in [3.05, 3.63) is 57.8 Å². The molecule has 0 amide bonds. The Morgan fingerprint density at radius 1 is 1.11 bits per heavy atom. The quantitative estimate of drug-likeness (QED) is 0.817. The van der Waals surface area contributed by atoms with Crippen LogP contribution in [0, 0.1) is 5.82 Å². The van der Waals surface area contributed by atoms with Gasteiger partial charge in [-0.1, -0.05) is 35.3 Å². The van der Waals surface area contributed by atoms with E-state index in [-0.39, 0.29) is 15.8 Å². The van der Waals surface area contributed by atoms with E-state index >= 15 is 0 Å². The van der Waals surface area contributed by atoms with Gasteiger partial charge in [-0.2, -0.15) is 0 Å². The number of phenolic OH excluding ortho intramolecular Hbond substituents is 1. The molecule has 2 nitrogen and oxygen atoms in total. The Hall–Kier alpha value is -1.45. The highest BCUT2D eigenvalue weighted by atomic mass is 35.5. The van der Waals surface area contributed by atoms with Gasteiger partial charge in [0.2, 0.25) is 0 Å². The highest BCUT2D eigenvalue weighted by Gasteiger charge is 2.07. The molecule has 0 aliphatic rings. The summed E-state index contributed by atoms with van der Waals surface area (Å²) >= 11 is 11.4. The van der Waals surface area contributed by atoms with Gasteiger partial charge in [-0.05, 0) is 29.8 Å². The summed E-state index contributed by atoms with van der Waals surface area (Å²) in [5, 5.41) is 12.3. The Balaban J connectivity index is 2.11. The van der Waals surface area contributed by atoms with Crippen LogP contribution in [0.2, 0.25) is 10.0 Å². The third-order valence-corrected chi connectivity index (χ3v) is 2.94. The maximum Gasteiger partial charge on any atom is 0.160 e. The predicted octanol–water partition coefficient (Wildman–Crippen LogP) is 4.45. The molecule has 0 unspecified atom stereocenters. The van der Waals surface area contributed by atoms with Crippen LogP contribution in [0.4, 0.5) is 10.1 Å². The van der Waals surface area contributed by atoms with Gasteiger partial charge in [0.05, 0.1) is 10.0 Å². The number of anilines is 1. The molecule has 0 aromatic heterocycles. The molecule has 0 fully saturated rings. The molecule has 0 radical (unpaired) electrons. The van der Waals surface area contributed by atoms with Crippen LogP contribution in [0.15, 0.2) is 36.4 Å². The SMILES string of the molecule is Oc1cccc(CNc2cc(Cl)c(F)c(Cl)c2)c1. The summed E-state index contributed by atoms with van der Waals surface area (Å²) in [5.74, 6) is -0.425. The summed E-state index contributed by atoms with van der Waals surface area (Å²) < 4.78 is 13.2. The number of hydrogen-bond acceptors (Lipinski definition) is 2. The lowest BCUT2D eigenvalue weighted by Crippen LogP contribution is -1.99. The first kappa shape index (κ1) is 13.0. The van der Waals surface area contributed by atoms with Crippen molar-refractivity contribution in [1.82, 2.24) is 0 Å². The van der Waals surface area contributed by atoms with Crippen molar-refractivity contribution >= 4 is 28.9 Å². The van der Waals surface area contributed by atoms with Crippen LogP contribution in [-0.4, -0.2) is 5.11 Å². The van der Waals surface area contributed by atoms with Gasteiger partial charge in [-0.15, -0.1) is 0 Å². The summed E-state index contributed by atoms with van der Waals surface area (Å²) in [6.07, 6.45) is 0. The minimum atomic E-state index is -0.624. The lowest BCUT2D eigenvalue weighted by molar-refractivity contribution is 0.474. The fraction of sp³-hybridized carbons (Fsp3) is 0.0769. The highest BCUT2D eigenvalue weighted by Crippen LogP contribution is 2.27. The minimum absolute atomic E-state index is 0.0269. The van der Waals surface area contributed by atoms with Crippen LogP contribution < -0.4 is 5.32 Å². The van der Waals surface area contributed by atoms with E-state index in [9.17, 15) is 9.50 Å². The molecule has 18 heavy (non-hydrogen) atoms. The maximum absolute atomic E-state index is 13.2. The van der Waals surface area contributed by atoms with Crippen molar-refractivity contribution in [3.63, 3.8) is 0 Å². The van der Waals surface area contributed by atoms with Crippen LogP contribution >= 0.6 is 23.2 Å². The van der Waals surface area contributed by atoms with E-state index in [1.165, 1.54) is 12.1 Å². The maximum atomic E-state index is 13.2. The predicted molar refractivity (Wildman–Crippen MR) is 71.9 cm³/mol. The molecular formula is C13H10Cl2FNO. The Bertz CT molecular complexity index is 552. The molecular weight excluding hydrogens is 276 g/mol. The molecule has 0 atom stereocenters. The van der Waals surface area contributed by atoms with Crippen molar-refractivity contribution in [3.8, 4) is 5.75 Å². The molecule has 0 saturated heterocycles. The minimum Gasteiger partial charge on any atom is -0.508 e. The summed E-state index contributed by atoms with van der Waals surface area (Å²) in [5.41, 5.74) is 1.52. The lowest BCUT2D eigenvalue weighted by Gasteiger charge is -2.08. The molecule has 0 aliphatic carbocycles. The summed E-state index contributed by atoms with van der Waals surface area (Å²) in [6.45, 7) is 0.479. The normalized spacial score (nSPS) is 10.4. The van der Waals surface area contributed by atoms with Crippen molar-refractivity contribution in [1.29, 1.82) is 0 Å². The Morgan fingerprint density at radius 2 is 1.78 bits per heavy atom. The molecule has 5 heteroatoms. The van der Waals surface area contributed by atoms with Crippen LogP contribution in [0.25, 0.3) is 0 Å². The van der Waals surface area contributed by atoms with E-state index in [1.54, 1.807) is 18.2 Å². The fourth-order valence-electron chi connectivity index (χ4n) is 1.53. The number of benzene rings is 2. The summed E-state index contributed by atoms with van der Waals surface area (Å²) in [7, 11) is 0. The molecule has 0 aliphatic heterocycles. The lowest BCUT2D eigenvalue weighted by atomic mass is 10.2. The Labute approximate surface area is 114 Å². The van der Waals surface area contributed by atoms with E-state index in [2.05, 4.69) is 5.32 Å². The van der Waals surface area contributed by atoms with E-state index in [1.807, 2.05) is 6.07 Å². The molecule has 2 aromatic carbocycles. The van der Waals surface area contributed by atoms with Crippen molar-refractivity contribution < 1.29 is 9.50 Å². The third kappa shape index (κ3) is 3.06. The molecule has 0 heterocycles. The average Bonchev–Trinajstić information content (AvgIpc) is 2.33. The second-order valence-corrected chi connectivity index (χ2v) is 4.59. The molecule has 2 aromatic rings. The van der Waals surface area contributed by atoms with Gasteiger partial charge >= 0.3 is 0 Å². The first-order valence-corrected chi connectivity index (χ1v) is 5.98. The zero-order valence-electron chi connectivity index (χ0n) is 9.25. The number of hydrogen-bond donors (Lipinski definition) is 2. The molecule has 0 spiro atoms. The van der Waals surface area contributed by atoms with Crippen molar-refractivity contribution in [2.45, 2.75) is 6.54 Å². The fourth-order valence-corrected chi connectivity index (χ4v) is 2.02. The molecule has 94 valence electrons. The van der Waals surface area contributed by atoms with Gasteiger partial charge in [0.1, 0.15) is 5.75 Å². The van der Waals surface area contributed by atoms with Crippen LogP contribution in [0.3, 0.4) is 0 Å². The monoisotopic (exact) mass is 285 g/mol. The average molecular weight is 286 g/mol. The third-order valence-electron chi connectivity index (χ3n) is 2.39. The van der Waals surface area contributed by atoms with Gasteiger partial charge in [0, 0.05) is 12.2 Å². The number of rotatable bonds is 3. The zero-order valence-corrected chi connectivity index (χ0v) is 10.8. The van der Waals surface area contributed by atoms with Crippen LogP contribution in [-0.2, 0) is 6.54 Å². The first-order valence-electron chi connectivity index (χ1n) is 5.22. The Morgan fingerprint density at radius 3 is 2.39 bits per heavy atom. The van der Waals surface area contributed by atoms with E-state index < -0.39 is 5.82 Å². The van der Waals surface area contributed by atoms with Crippen molar-refractivity contribution in [2.24, 2.45) is 0 Å². The van der Waals surface area contributed by atoms with Crippen LogP contribution in [0.5, 0.6) is 5.75 Å². The standard InChI is InChI=1S/C13H10Cl2FNO/c14-11-5-9(6-12(15)13(11)16)17-7-8-2-1-3-10(18)4-8/h1-6,17-18H,7H2. The molecule has 0 bridgehead atoms. The number of halogens is 3. The van der Waals surface area contributed by atoms with Crippen molar-refractivity contribution in [2.75, 3.05) is 5.32 Å². The van der Waals surface area contributed by atoms with E-state index in [4.69, 9.17) is 23.2 Å². The van der Waals surface area contributed by atoms with Gasteiger partial charge < -0.3 is 10.4 Å².